The summed E-state index contributed by atoms with van der Waals surface area (Å²) in [7, 11) is 0. The quantitative estimate of drug-likeness (QED) is 0.610. The van der Waals surface area contributed by atoms with Gasteiger partial charge in [0, 0.05) is 0 Å². The standard InChI is InChI=1S/C10H9ClF3NO2/c1-3-17-9(16)7-5(2)4-6(11)15-8(7)10(12,13)14/h4H,3H2,1-2H3. The molecule has 1 rings (SSSR count). The van der Waals surface area contributed by atoms with Crippen LogP contribution >= 0.6 is 11.6 Å². The number of esters is 1. The molecule has 1 aromatic heterocycles. The molecule has 0 spiro atoms. The topological polar surface area (TPSA) is 39.2 Å². The van der Waals surface area contributed by atoms with Crippen molar-refractivity contribution in [2.75, 3.05) is 6.61 Å². The zero-order valence-corrected chi connectivity index (χ0v) is 9.82. The van der Waals surface area contributed by atoms with E-state index in [1.807, 2.05) is 0 Å². The number of rotatable bonds is 2. The number of pyridine rings is 1. The number of hydrogen-bond acceptors (Lipinski definition) is 3. The summed E-state index contributed by atoms with van der Waals surface area (Å²) < 4.78 is 42.6. The van der Waals surface area contributed by atoms with Gasteiger partial charge in [0.2, 0.25) is 0 Å². The number of hydrogen-bond donors (Lipinski definition) is 0. The Kier molecular flexibility index (Phi) is 3.98. The lowest BCUT2D eigenvalue weighted by atomic mass is 10.1. The summed E-state index contributed by atoms with van der Waals surface area (Å²) in [5, 5.41) is -0.317. The molecule has 0 aliphatic carbocycles. The Balaban J connectivity index is 3.41. The lowest BCUT2D eigenvalue weighted by molar-refractivity contribution is -0.141. The van der Waals surface area contributed by atoms with E-state index >= 15 is 0 Å². The summed E-state index contributed by atoms with van der Waals surface area (Å²) in [6, 6.07) is 1.18. The van der Waals surface area contributed by atoms with E-state index in [9.17, 15) is 18.0 Å². The van der Waals surface area contributed by atoms with E-state index < -0.39 is 23.4 Å². The van der Waals surface area contributed by atoms with Crippen molar-refractivity contribution in [2.24, 2.45) is 0 Å². The fraction of sp³-hybridized carbons (Fsp3) is 0.400. The molecular formula is C10H9ClF3NO2. The minimum absolute atomic E-state index is 0.0157. The molecule has 0 aliphatic rings. The van der Waals surface area contributed by atoms with Gasteiger partial charge in [-0.15, -0.1) is 0 Å². The van der Waals surface area contributed by atoms with Crippen LogP contribution in [-0.2, 0) is 10.9 Å². The number of aromatic nitrogens is 1. The largest absolute Gasteiger partial charge is 0.462 e. The van der Waals surface area contributed by atoms with Crippen molar-refractivity contribution >= 4 is 17.6 Å². The third kappa shape index (κ3) is 3.09. The molecule has 0 atom stereocenters. The average Bonchev–Trinajstić information content (AvgIpc) is 2.15. The van der Waals surface area contributed by atoms with Crippen molar-refractivity contribution in [2.45, 2.75) is 20.0 Å². The van der Waals surface area contributed by atoms with Gasteiger partial charge in [0.25, 0.3) is 0 Å². The highest BCUT2D eigenvalue weighted by molar-refractivity contribution is 6.29. The Morgan fingerprint density at radius 2 is 2.12 bits per heavy atom. The number of alkyl halides is 3. The molecule has 0 saturated heterocycles. The van der Waals surface area contributed by atoms with Crippen molar-refractivity contribution in [1.82, 2.24) is 4.98 Å². The van der Waals surface area contributed by atoms with E-state index in [0.29, 0.717) is 0 Å². The molecule has 0 unspecified atom stereocenters. The van der Waals surface area contributed by atoms with Crippen molar-refractivity contribution < 1.29 is 22.7 Å². The number of nitrogens with zero attached hydrogens (tertiary/aromatic N) is 1. The van der Waals surface area contributed by atoms with E-state index in [4.69, 9.17) is 11.6 Å². The fourth-order valence-electron chi connectivity index (χ4n) is 1.30. The molecule has 0 aliphatic heterocycles. The van der Waals surface area contributed by atoms with Crippen LogP contribution in [0, 0.1) is 6.92 Å². The average molecular weight is 268 g/mol. The molecule has 0 radical (unpaired) electrons. The van der Waals surface area contributed by atoms with E-state index in [1.54, 1.807) is 0 Å². The minimum atomic E-state index is -4.75. The summed E-state index contributed by atoms with van der Waals surface area (Å²) in [4.78, 5) is 14.6. The molecule has 0 N–H and O–H groups in total. The van der Waals surface area contributed by atoms with Gasteiger partial charge in [-0.2, -0.15) is 13.2 Å². The van der Waals surface area contributed by atoms with Gasteiger partial charge in [-0.1, -0.05) is 11.6 Å². The first-order valence-electron chi connectivity index (χ1n) is 4.68. The molecular weight excluding hydrogens is 259 g/mol. The molecule has 0 fully saturated rings. The second-order valence-electron chi connectivity index (χ2n) is 3.20. The van der Waals surface area contributed by atoms with E-state index in [1.165, 1.54) is 19.9 Å². The maximum absolute atomic E-state index is 12.7. The van der Waals surface area contributed by atoms with Crippen molar-refractivity contribution in [3.63, 3.8) is 0 Å². The van der Waals surface area contributed by atoms with E-state index in [2.05, 4.69) is 9.72 Å². The molecule has 0 bridgehead atoms. The SMILES string of the molecule is CCOC(=O)c1c(C)cc(Cl)nc1C(F)(F)F. The molecule has 1 aromatic rings. The van der Waals surface area contributed by atoms with Gasteiger partial charge in [-0.25, -0.2) is 9.78 Å². The summed E-state index contributed by atoms with van der Waals surface area (Å²) >= 11 is 5.45. The lowest BCUT2D eigenvalue weighted by Crippen LogP contribution is -2.19. The molecule has 1 heterocycles. The molecule has 3 nitrogen and oxygen atoms in total. The van der Waals surface area contributed by atoms with E-state index in [-0.39, 0.29) is 17.3 Å². The van der Waals surface area contributed by atoms with Crippen LogP contribution in [-0.4, -0.2) is 17.6 Å². The molecule has 17 heavy (non-hydrogen) atoms. The van der Waals surface area contributed by atoms with Crippen LogP contribution in [0.1, 0.15) is 28.5 Å². The first-order chi connectivity index (χ1) is 7.77. The van der Waals surface area contributed by atoms with Crippen molar-refractivity contribution in [3.05, 3.63) is 28.0 Å². The van der Waals surface area contributed by atoms with Crippen LogP contribution < -0.4 is 0 Å². The predicted octanol–water partition coefficient (Wildman–Crippen LogP) is 3.24. The van der Waals surface area contributed by atoms with Crippen molar-refractivity contribution in [1.29, 1.82) is 0 Å². The normalized spacial score (nSPS) is 11.4. The van der Waals surface area contributed by atoms with Gasteiger partial charge in [-0.3, -0.25) is 0 Å². The number of carbonyl (C=O) groups is 1. The Hall–Kier alpha value is -1.30. The van der Waals surface area contributed by atoms with Crippen LogP contribution in [0.5, 0.6) is 0 Å². The first-order valence-corrected chi connectivity index (χ1v) is 5.06. The number of ether oxygens (including phenoxy) is 1. The van der Waals surface area contributed by atoms with Gasteiger partial charge in [0.05, 0.1) is 12.2 Å². The highest BCUT2D eigenvalue weighted by Crippen LogP contribution is 2.33. The minimum Gasteiger partial charge on any atom is -0.462 e. The second kappa shape index (κ2) is 4.91. The first kappa shape index (κ1) is 13.8. The second-order valence-corrected chi connectivity index (χ2v) is 3.59. The highest BCUT2D eigenvalue weighted by Gasteiger charge is 2.39. The number of halogens is 4. The van der Waals surface area contributed by atoms with Gasteiger partial charge < -0.3 is 4.74 Å². The molecule has 7 heteroatoms. The third-order valence-corrected chi connectivity index (χ3v) is 2.13. The van der Waals surface area contributed by atoms with Crippen molar-refractivity contribution in [3.8, 4) is 0 Å². The zero-order chi connectivity index (χ0) is 13.2. The highest BCUT2D eigenvalue weighted by atomic mass is 35.5. The molecule has 0 saturated carbocycles. The van der Waals surface area contributed by atoms with Crippen LogP contribution in [0.2, 0.25) is 5.15 Å². The summed E-state index contributed by atoms with van der Waals surface area (Å²) in [6.45, 7) is 2.83. The Morgan fingerprint density at radius 3 is 2.59 bits per heavy atom. The lowest BCUT2D eigenvalue weighted by Gasteiger charge is -2.13. The summed E-state index contributed by atoms with van der Waals surface area (Å²) in [5.41, 5.74) is -1.83. The van der Waals surface area contributed by atoms with Crippen LogP contribution in [0.3, 0.4) is 0 Å². The van der Waals surface area contributed by atoms with Crippen LogP contribution in [0.15, 0.2) is 6.07 Å². The number of carbonyl (C=O) groups excluding carboxylic acids is 1. The molecule has 94 valence electrons. The van der Waals surface area contributed by atoms with Crippen LogP contribution in [0.4, 0.5) is 13.2 Å². The predicted molar refractivity (Wildman–Crippen MR) is 54.9 cm³/mol. The van der Waals surface area contributed by atoms with Gasteiger partial charge in [-0.05, 0) is 25.5 Å². The Morgan fingerprint density at radius 1 is 1.53 bits per heavy atom. The Bertz CT molecular complexity index is 446. The fourth-order valence-corrected chi connectivity index (χ4v) is 1.55. The summed E-state index contributed by atoms with van der Waals surface area (Å²) in [6.07, 6.45) is -4.75. The number of aryl methyl sites for hydroxylation is 1. The maximum atomic E-state index is 12.7. The molecule has 0 amide bonds. The third-order valence-electron chi connectivity index (χ3n) is 1.93. The monoisotopic (exact) mass is 267 g/mol. The zero-order valence-electron chi connectivity index (χ0n) is 9.06. The smallest absolute Gasteiger partial charge is 0.434 e. The maximum Gasteiger partial charge on any atom is 0.434 e. The van der Waals surface area contributed by atoms with Gasteiger partial charge in [0.1, 0.15) is 5.15 Å². The Labute approximate surface area is 101 Å². The van der Waals surface area contributed by atoms with E-state index in [0.717, 1.165) is 0 Å². The summed E-state index contributed by atoms with van der Waals surface area (Å²) in [5.74, 6) is -1.05. The van der Waals surface area contributed by atoms with Crippen LogP contribution in [0.25, 0.3) is 0 Å². The molecule has 0 aromatic carbocycles. The van der Waals surface area contributed by atoms with Gasteiger partial charge >= 0.3 is 12.1 Å². The van der Waals surface area contributed by atoms with Gasteiger partial charge in [0.15, 0.2) is 5.69 Å².